The summed E-state index contributed by atoms with van der Waals surface area (Å²) in [5, 5.41) is 70.4. The molecule has 2 aromatic carbocycles. The van der Waals surface area contributed by atoms with Crippen molar-refractivity contribution in [2.45, 2.75) is 196 Å². The molecule has 27 N–H and O–H groups in total. The van der Waals surface area contributed by atoms with Gasteiger partial charge in [0.1, 0.15) is 78.5 Å². The third-order valence-electron chi connectivity index (χ3n) is 20.2. The fraction of sp³-hybridized carbons (Fsp3) is 0.545. The number of nitrogens with one attached hydrogen (secondary N) is 17. The number of thioether (sulfide) groups is 1. The van der Waals surface area contributed by atoms with E-state index < -0.39 is 216 Å². The van der Waals surface area contributed by atoms with E-state index in [0.717, 1.165) is 26.5 Å². The van der Waals surface area contributed by atoms with Crippen LogP contribution in [-0.4, -0.2) is 290 Å². The van der Waals surface area contributed by atoms with E-state index in [1.54, 1.807) is 74.6 Å². The number of aliphatic carboxylic acids is 1. The average Bonchev–Trinajstić information content (AvgIpc) is 1.72. The van der Waals surface area contributed by atoms with E-state index in [9.17, 15) is 72.5 Å². The second-order valence-corrected chi connectivity index (χ2v) is 31.0. The van der Waals surface area contributed by atoms with Crippen LogP contribution in [0.3, 0.4) is 0 Å². The first-order valence-corrected chi connectivity index (χ1v) is 40.9. The van der Waals surface area contributed by atoms with Gasteiger partial charge in [0, 0.05) is 87.7 Å². The molecule has 44 heteroatoms. The smallest absolute Gasteiger partial charge is 0.305 e. The van der Waals surface area contributed by atoms with Crippen LogP contribution in [0, 0.1) is 16.7 Å². The third kappa shape index (κ3) is 31.0. The van der Waals surface area contributed by atoms with Crippen LogP contribution in [0.5, 0.6) is 0 Å². The number of aromatic nitrogens is 3. The van der Waals surface area contributed by atoms with E-state index in [-0.39, 0.29) is 109 Å². The van der Waals surface area contributed by atoms with Gasteiger partial charge in [0.25, 0.3) is 0 Å². The van der Waals surface area contributed by atoms with Crippen molar-refractivity contribution >= 4 is 129 Å². The van der Waals surface area contributed by atoms with Crippen LogP contribution in [0.15, 0.2) is 73.3 Å². The lowest BCUT2D eigenvalue weighted by Crippen LogP contribution is -2.61. The van der Waals surface area contributed by atoms with Crippen molar-refractivity contribution in [1.29, 1.82) is 10.8 Å². The number of aromatic amines is 2. The molecule has 0 aliphatic carbocycles. The van der Waals surface area contributed by atoms with Gasteiger partial charge in [0.15, 0.2) is 11.9 Å². The van der Waals surface area contributed by atoms with Gasteiger partial charge in [0.2, 0.25) is 88.6 Å². The molecule has 4 heterocycles. The molecular weight excluding hydrogens is 1600 g/mol. The minimum absolute atomic E-state index is 0.00176. The fourth-order valence-corrected chi connectivity index (χ4v) is 14.3. The van der Waals surface area contributed by atoms with Gasteiger partial charge in [-0.25, -0.2) is 4.98 Å². The number of rotatable bonds is 26. The number of carbonyl (C=O) groups excluding carboxylic acids is 15. The summed E-state index contributed by atoms with van der Waals surface area (Å²) in [6, 6.07) is -4.98. The van der Waals surface area contributed by atoms with E-state index in [0.29, 0.717) is 34.1 Å². The van der Waals surface area contributed by atoms with Crippen LogP contribution < -0.4 is 92.1 Å². The van der Waals surface area contributed by atoms with Gasteiger partial charge in [-0.2, -0.15) is 0 Å². The number of carboxylic acid groups (broad SMARTS) is 1. The molecule has 0 radical (unpaired) electrons. The number of nitrogens with two attached hydrogens (primary N) is 4. The summed E-state index contributed by atoms with van der Waals surface area (Å²) >= 11 is 0.745. The lowest BCUT2D eigenvalue weighted by atomic mass is 10.0. The SMILES string of the molecule is CC(C)C[C@@H]1NC(=O)[C@H](CO)NC(=O)[C@H](C)N(C)C(=O)[C@H](CCCCN)NC(=O)[C@H](Cc2ccccc2)NC(=O)CSC[C@@H](C(=O)NCC(N)=O)NC(=O)[C@H](CCCNC(=N)N)NC(=O)[C@H](CC(=O)O)NC(=O)[C@@H]2CCCN2C(=O)[C@H](CCCNC(=N)N)NC(=O)[C@H](C)N(C)C(=O)[C@H](Cc2c[nH]c3ccccc23)NC(=O)[C@H](Cc2cnc[nH]2)NC1=O. The number of nitrogens with zero attached hydrogens (tertiary/aromatic N) is 4. The maximum atomic E-state index is 15.3. The molecule has 0 saturated carbocycles. The highest BCUT2D eigenvalue weighted by Crippen LogP contribution is 2.24. The monoisotopic (exact) mass is 1710 g/mol. The number of hydrogen-bond acceptors (Lipinski definition) is 22. The Kier molecular flexibility index (Phi) is 39.1. The number of unbranched alkanes of at least 4 members (excludes halogenated alkanes) is 1. The highest BCUT2D eigenvalue weighted by atomic mass is 32.2. The molecule has 2 aromatic heterocycles. The number of hydrogen-bond donors (Lipinski definition) is 23. The molecule has 13 atom stereocenters. The third-order valence-corrected chi connectivity index (χ3v) is 21.3. The zero-order chi connectivity index (χ0) is 89.2. The summed E-state index contributed by atoms with van der Waals surface area (Å²) in [6.45, 7) is 4.29. The van der Waals surface area contributed by atoms with Gasteiger partial charge in [-0.1, -0.05) is 62.4 Å². The average molecular weight is 1710 g/mol. The van der Waals surface area contributed by atoms with Crippen molar-refractivity contribution in [3.8, 4) is 0 Å². The molecular formula is C77H115N25O18S. The second-order valence-electron chi connectivity index (χ2n) is 30.0. The highest BCUT2D eigenvalue weighted by molar-refractivity contribution is 8.00. The van der Waals surface area contributed by atoms with Crippen LogP contribution in [0.2, 0.25) is 0 Å². The number of para-hydroxylation sites is 1. The van der Waals surface area contributed by atoms with Crippen molar-refractivity contribution in [2.75, 3.05) is 64.9 Å². The maximum absolute atomic E-state index is 15.3. The summed E-state index contributed by atoms with van der Waals surface area (Å²) in [6.07, 6.45) is 2.59. The van der Waals surface area contributed by atoms with Crippen molar-refractivity contribution in [1.82, 2.24) is 98.8 Å². The van der Waals surface area contributed by atoms with Crippen molar-refractivity contribution in [3.63, 3.8) is 0 Å². The summed E-state index contributed by atoms with van der Waals surface area (Å²) in [7, 11) is 2.52. The number of likely N-dealkylation sites (N-methyl/N-ethyl adjacent to an activating group) is 2. The Balaban J connectivity index is 1.43. The number of carboxylic acids is 1. The van der Waals surface area contributed by atoms with Crippen molar-refractivity contribution < 1.29 is 86.9 Å². The molecule has 2 saturated heterocycles. The molecule has 662 valence electrons. The number of imidazole rings is 1. The Hall–Kier alpha value is -12.5. The van der Waals surface area contributed by atoms with Crippen LogP contribution >= 0.6 is 11.8 Å². The van der Waals surface area contributed by atoms with Crippen LogP contribution in [0.4, 0.5) is 0 Å². The van der Waals surface area contributed by atoms with Gasteiger partial charge in [-0.3, -0.25) is 87.5 Å². The standard InChI is InChI=1S/C77H115N25O18S/c1-41(2)29-52-67(112)95-54(32-46-35-84-40-89-46)69(114)97-56(31-45-34-87-48-20-11-10-19-47(45)48)74(119)101(6)42(3)63(108)92-51(23-15-27-86-77(82)83)75(120)102-28-16-24-59(102)72(117)96-55(33-62(106)107)70(115)91-49(22-14-26-85-76(80)81)66(111)99-58(65(110)88-36-60(79)104)38-121-39-61(105)90-53(30-44-17-8-7-9-18-44)68(113)93-50(21-12-13-25-78)73(118)100(5)43(4)64(109)98-57(37-103)71(116)94-52/h7-11,17-20,34-35,40-43,49-59,87,103H,12-16,21-33,36-39,78H2,1-6H3,(H2,79,104)(H,84,89)(H,88,110)(H,90,105)(H,91,115)(H,92,108)(H,93,113)(H,94,116)(H,95,112)(H,96,117)(H,97,114)(H,98,109)(H,99,111)(H,106,107)(H4,80,81,85)(H4,82,83,86)/t42-,43-,49-,50-,51-,52-,53-,54-,55-,56-,57-,58-,59-/m0/s1. The summed E-state index contributed by atoms with van der Waals surface area (Å²) < 4.78 is 0. The van der Waals surface area contributed by atoms with Crippen LogP contribution in [0.1, 0.15) is 115 Å². The van der Waals surface area contributed by atoms with Crippen molar-refractivity contribution in [3.05, 3.63) is 90.1 Å². The zero-order valence-corrected chi connectivity index (χ0v) is 69.3. The molecule has 0 bridgehead atoms. The Bertz CT molecular complexity index is 4290. The van der Waals surface area contributed by atoms with Crippen molar-refractivity contribution in [2.24, 2.45) is 28.9 Å². The molecule has 43 nitrogen and oxygen atoms in total. The minimum Gasteiger partial charge on any atom is -0.481 e. The predicted octanol–water partition coefficient (Wildman–Crippen LogP) is -6.03. The molecule has 2 aliphatic rings. The number of fused-ring (bicyclic) bond motifs is 2. The first-order valence-electron chi connectivity index (χ1n) is 39.8. The first kappa shape index (κ1) is 97.4. The van der Waals surface area contributed by atoms with Crippen LogP contribution in [0.25, 0.3) is 10.9 Å². The number of aliphatic hydroxyl groups is 1. The molecule has 0 unspecified atom stereocenters. The normalized spacial score (nSPS) is 24.0. The Morgan fingerprint density at radius 3 is 1.70 bits per heavy atom. The number of carbonyl (C=O) groups is 16. The summed E-state index contributed by atoms with van der Waals surface area (Å²) in [5.74, 6) is -18.4. The fourth-order valence-electron chi connectivity index (χ4n) is 13.4. The van der Waals surface area contributed by atoms with Gasteiger partial charge >= 0.3 is 5.97 Å². The maximum Gasteiger partial charge on any atom is 0.305 e. The Morgan fingerprint density at radius 1 is 0.579 bits per heavy atom. The molecule has 4 aromatic rings. The number of amides is 15. The number of benzene rings is 2. The quantitative estimate of drug-likeness (QED) is 0.0158. The van der Waals surface area contributed by atoms with Gasteiger partial charge in [0.05, 0.1) is 31.7 Å². The molecule has 2 fully saturated rings. The Labute approximate surface area is 702 Å². The Morgan fingerprint density at radius 2 is 1.10 bits per heavy atom. The minimum atomic E-state index is -1.99. The number of guanidine groups is 2. The van der Waals surface area contributed by atoms with E-state index in [1.165, 1.54) is 40.5 Å². The molecule has 15 amide bonds. The molecule has 6 rings (SSSR count). The number of H-pyrrole nitrogens is 2. The van der Waals surface area contributed by atoms with E-state index in [4.69, 9.17) is 33.8 Å². The molecule has 2 aliphatic heterocycles. The number of primary amides is 1. The predicted molar refractivity (Wildman–Crippen MR) is 442 cm³/mol. The van der Waals surface area contributed by atoms with E-state index in [2.05, 4.69) is 84.1 Å². The summed E-state index contributed by atoms with van der Waals surface area (Å²) in [5.41, 5.74) is 24.4. The topological polar surface area (TPSA) is 676 Å². The molecule has 0 spiro atoms. The van der Waals surface area contributed by atoms with E-state index >= 15 is 14.4 Å². The van der Waals surface area contributed by atoms with Gasteiger partial charge in [-0.05, 0) is 108 Å². The largest absolute Gasteiger partial charge is 0.481 e. The summed E-state index contributed by atoms with van der Waals surface area (Å²) in [4.78, 5) is 243. The first-order chi connectivity index (χ1) is 57.5. The van der Waals surface area contributed by atoms with E-state index in [1.807, 2.05) is 0 Å². The van der Waals surface area contributed by atoms with Crippen LogP contribution in [-0.2, 0) is 96.0 Å². The lowest BCUT2D eigenvalue weighted by Gasteiger charge is -2.33. The van der Waals surface area contributed by atoms with Gasteiger partial charge < -0.3 is 127 Å². The number of aliphatic hydroxyl groups excluding tert-OH is 1. The zero-order valence-electron chi connectivity index (χ0n) is 68.5. The highest BCUT2D eigenvalue weighted by Gasteiger charge is 2.43. The lowest BCUT2D eigenvalue weighted by molar-refractivity contribution is -0.145. The second kappa shape index (κ2) is 48.5. The molecule has 121 heavy (non-hydrogen) atoms. The van der Waals surface area contributed by atoms with Gasteiger partial charge in [-0.15, -0.1) is 11.8 Å².